The maximum atomic E-state index is 12.6. The Bertz CT molecular complexity index is 2060. The highest BCUT2D eigenvalue weighted by Crippen LogP contribution is 2.32. The molecule has 12 N–H and O–H groups in total. The van der Waals surface area contributed by atoms with Gasteiger partial charge in [-0.1, -0.05) is 48.5 Å². The van der Waals surface area contributed by atoms with Crippen molar-refractivity contribution in [2.75, 3.05) is 36.2 Å². The van der Waals surface area contributed by atoms with E-state index in [9.17, 15) is 19.2 Å². The van der Waals surface area contributed by atoms with E-state index in [0.717, 1.165) is 20.9 Å². The molecule has 4 amide bonds. The molecule has 6 aromatic rings. The minimum Gasteiger partial charge on any atom is -0.397 e. The molecule has 0 bridgehead atoms. The zero-order valence-corrected chi connectivity index (χ0v) is 31.1. The Balaban J connectivity index is 0.000000208. The zero-order chi connectivity index (χ0) is 38.8. The summed E-state index contributed by atoms with van der Waals surface area (Å²) >= 11 is 3.23. The largest absolute Gasteiger partial charge is 0.397 e. The van der Waals surface area contributed by atoms with Crippen molar-refractivity contribution in [2.24, 2.45) is 11.5 Å². The number of hydrogen-bond donors (Lipinski definition) is 8. The normalized spacial score (nSPS) is 11.6. The van der Waals surface area contributed by atoms with Gasteiger partial charge in [0, 0.05) is 35.0 Å². The molecule has 6 rings (SSSR count). The monoisotopic (exact) mass is 760 g/mol. The molecule has 2 aromatic heterocycles. The summed E-state index contributed by atoms with van der Waals surface area (Å²) in [6, 6.07) is 30.7. The van der Waals surface area contributed by atoms with Gasteiger partial charge in [0.25, 0.3) is 11.8 Å². The van der Waals surface area contributed by atoms with Gasteiger partial charge in [0.1, 0.15) is 12.1 Å². The van der Waals surface area contributed by atoms with Gasteiger partial charge in [0.2, 0.25) is 11.8 Å². The van der Waals surface area contributed by atoms with Gasteiger partial charge in [-0.05, 0) is 93.7 Å². The lowest BCUT2D eigenvalue weighted by molar-refractivity contribution is -0.122. The average Bonchev–Trinajstić information content (AvgIpc) is 3.95. The number of amides is 4. The molecule has 54 heavy (non-hydrogen) atoms. The van der Waals surface area contributed by atoms with Gasteiger partial charge in [-0.15, -0.1) is 22.7 Å². The third-order valence-electron chi connectivity index (χ3n) is 8.34. The summed E-state index contributed by atoms with van der Waals surface area (Å²) < 4.78 is 0. The summed E-state index contributed by atoms with van der Waals surface area (Å²) in [5.41, 5.74) is 29.9. The van der Waals surface area contributed by atoms with Crippen molar-refractivity contribution >= 4 is 69.1 Å². The second-order valence-corrected chi connectivity index (χ2v) is 13.8. The highest BCUT2D eigenvalue weighted by Gasteiger charge is 2.17. The first-order chi connectivity index (χ1) is 26.0. The smallest absolute Gasteiger partial charge is 0.255 e. The molecular weight excluding hydrogens is 721 g/mol. The van der Waals surface area contributed by atoms with E-state index in [0.29, 0.717) is 45.0 Å². The number of nitrogens with one attached hydrogen (secondary N) is 4. The summed E-state index contributed by atoms with van der Waals surface area (Å²) in [6.45, 7) is 0. The molecule has 0 aliphatic carbocycles. The van der Waals surface area contributed by atoms with Crippen LogP contribution in [0.1, 0.15) is 43.9 Å². The Morgan fingerprint density at radius 1 is 0.537 bits per heavy atom. The van der Waals surface area contributed by atoms with Crippen molar-refractivity contribution in [3.05, 3.63) is 142 Å². The Labute approximate surface area is 320 Å². The van der Waals surface area contributed by atoms with Crippen molar-refractivity contribution in [1.82, 2.24) is 10.6 Å². The first-order valence-electron chi connectivity index (χ1n) is 16.6. The number of thiophene rings is 2. The number of carbonyl (C=O) groups is 4. The van der Waals surface area contributed by atoms with E-state index < -0.39 is 12.1 Å². The van der Waals surface area contributed by atoms with Crippen molar-refractivity contribution in [1.29, 1.82) is 0 Å². The van der Waals surface area contributed by atoms with E-state index in [-0.39, 0.29) is 23.6 Å². The number of anilines is 4. The van der Waals surface area contributed by atoms with Crippen LogP contribution in [0, 0.1) is 0 Å². The molecule has 2 heterocycles. The molecule has 0 saturated carbocycles. The van der Waals surface area contributed by atoms with Gasteiger partial charge in [0.05, 0.1) is 22.7 Å². The molecule has 0 aliphatic rings. The Morgan fingerprint density at radius 3 is 1.22 bits per heavy atom. The Hall–Kier alpha value is -6.32. The number of nitrogens with two attached hydrogens (primary N) is 4. The Morgan fingerprint density at radius 2 is 0.907 bits per heavy atom. The maximum absolute atomic E-state index is 12.6. The average molecular weight is 761 g/mol. The zero-order valence-electron chi connectivity index (χ0n) is 29.5. The minimum absolute atomic E-state index is 0.287. The van der Waals surface area contributed by atoms with Crippen LogP contribution in [-0.4, -0.2) is 37.7 Å². The van der Waals surface area contributed by atoms with Crippen molar-refractivity contribution in [2.45, 2.75) is 12.1 Å². The van der Waals surface area contributed by atoms with E-state index in [1.54, 1.807) is 83.3 Å². The predicted molar refractivity (Wildman–Crippen MR) is 219 cm³/mol. The number of hydrogen-bond acceptors (Lipinski definition) is 10. The molecule has 276 valence electrons. The Kier molecular flexibility index (Phi) is 12.9. The summed E-state index contributed by atoms with van der Waals surface area (Å²) in [5.74, 6) is -1.15. The van der Waals surface area contributed by atoms with Crippen LogP contribution in [0.25, 0.3) is 20.9 Å². The highest BCUT2D eigenvalue weighted by molar-refractivity contribution is 7.13. The van der Waals surface area contributed by atoms with Crippen LogP contribution >= 0.6 is 22.7 Å². The molecule has 12 nitrogen and oxygen atoms in total. The van der Waals surface area contributed by atoms with E-state index in [4.69, 9.17) is 22.9 Å². The number of rotatable bonds is 10. The lowest BCUT2D eigenvalue weighted by Gasteiger charge is -2.12. The fourth-order valence-electron chi connectivity index (χ4n) is 5.21. The minimum atomic E-state index is -0.773. The third-order valence-corrected chi connectivity index (χ3v) is 10.2. The van der Waals surface area contributed by atoms with Crippen LogP contribution < -0.4 is 44.2 Å². The topological polar surface area (TPSA) is 220 Å². The van der Waals surface area contributed by atoms with Crippen molar-refractivity contribution in [3.63, 3.8) is 0 Å². The summed E-state index contributed by atoms with van der Waals surface area (Å²) in [5, 5.41) is 14.7. The molecule has 0 spiro atoms. The van der Waals surface area contributed by atoms with Crippen LogP contribution in [0.4, 0.5) is 22.7 Å². The number of likely N-dealkylation sites (N-methyl/N-ethyl adjacent to an activating group) is 2. The van der Waals surface area contributed by atoms with E-state index >= 15 is 0 Å². The SMILES string of the molecule is CNC(=O)[C@@H](N)c1ccc(C(=O)Nc2cc(-c3cccs3)ccc2N)cc1.CNC(=O)[C@H](N)c1ccc(C(=O)Nc2cc(-c3cccs3)ccc2N)cc1. The molecule has 0 fully saturated rings. The quantitative estimate of drug-likeness (QED) is 0.0773. The summed E-state index contributed by atoms with van der Waals surface area (Å²) in [7, 11) is 3.05. The molecule has 2 atom stereocenters. The van der Waals surface area contributed by atoms with Crippen LogP contribution in [0.5, 0.6) is 0 Å². The molecule has 0 saturated heterocycles. The van der Waals surface area contributed by atoms with Crippen molar-refractivity contribution < 1.29 is 19.2 Å². The summed E-state index contributed by atoms with van der Waals surface area (Å²) in [6.07, 6.45) is 0. The van der Waals surface area contributed by atoms with Crippen LogP contribution in [0.2, 0.25) is 0 Å². The van der Waals surface area contributed by atoms with Gasteiger partial charge >= 0.3 is 0 Å². The van der Waals surface area contributed by atoms with Gasteiger partial charge in [0.15, 0.2) is 0 Å². The standard InChI is InChI=1S/2C20H20N4O2S/c2*1-23-20(26)18(22)12-4-6-13(7-5-12)19(25)24-16-11-14(8-9-15(16)21)17-3-2-10-27-17/h2*2-11,18H,21-22H2,1H3,(H,23,26)(H,24,25)/t2*18-/m10/s1. The van der Waals surface area contributed by atoms with E-state index in [1.807, 2.05) is 59.3 Å². The van der Waals surface area contributed by atoms with Crippen LogP contribution in [-0.2, 0) is 9.59 Å². The number of nitrogen functional groups attached to an aromatic ring is 2. The van der Waals surface area contributed by atoms with Crippen LogP contribution in [0.3, 0.4) is 0 Å². The van der Waals surface area contributed by atoms with E-state index in [1.165, 1.54) is 14.1 Å². The molecule has 0 radical (unpaired) electrons. The van der Waals surface area contributed by atoms with Gasteiger partial charge in [-0.3, -0.25) is 19.2 Å². The maximum Gasteiger partial charge on any atom is 0.255 e. The molecule has 4 aromatic carbocycles. The second kappa shape index (κ2) is 17.9. The number of carbonyl (C=O) groups excluding carboxylic acids is 4. The lowest BCUT2D eigenvalue weighted by Crippen LogP contribution is -2.31. The molecule has 14 heteroatoms. The van der Waals surface area contributed by atoms with E-state index in [2.05, 4.69) is 21.3 Å². The van der Waals surface area contributed by atoms with Crippen molar-refractivity contribution in [3.8, 4) is 20.9 Å². The predicted octanol–water partition coefficient (Wildman–Crippen LogP) is 5.99. The first-order valence-corrected chi connectivity index (χ1v) is 18.4. The highest BCUT2D eigenvalue weighted by atomic mass is 32.1. The fraction of sp³-hybridized carbons (Fsp3) is 0.100. The van der Waals surface area contributed by atoms with Gasteiger partial charge in [-0.25, -0.2) is 0 Å². The van der Waals surface area contributed by atoms with Crippen LogP contribution in [0.15, 0.2) is 120 Å². The fourth-order valence-corrected chi connectivity index (χ4v) is 6.66. The first kappa shape index (κ1) is 38.9. The third kappa shape index (κ3) is 9.56. The van der Waals surface area contributed by atoms with Gasteiger partial charge in [-0.2, -0.15) is 0 Å². The van der Waals surface area contributed by atoms with Gasteiger partial charge < -0.3 is 44.2 Å². The number of benzene rings is 4. The molecule has 0 unspecified atom stereocenters. The molecular formula is C40H40N8O4S2. The lowest BCUT2D eigenvalue weighted by atomic mass is 10.0. The second-order valence-electron chi connectivity index (χ2n) is 11.9. The summed E-state index contributed by atoms with van der Waals surface area (Å²) in [4.78, 5) is 50.5. The molecule has 0 aliphatic heterocycles.